The van der Waals surface area contributed by atoms with E-state index in [0.29, 0.717) is 11.4 Å². The van der Waals surface area contributed by atoms with Crippen molar-refractivity contribution < 1.29 is 14.7 Å². The first-order valence-electron chi connectivity index (χ1n) is 5.72. The summed E-state index contributed by atoms with van der Waals surface area (Å²) in [5.74, 6) is -0.186. The van der Waals surface area contributed by atoms with E-state index in [9.17, 15) is 9.59 Å². The van der Waals surface area contributed by atoms with E-state index in [4.69, 9.17) is 5.11 Å². The number of nitrogens with one attached hydrogen (secondary N) is 1. The van der Waals surface area contributed by atoms with E-state index in [1.54, 1.807) is 30.2 Å². The van der Waals surface area contributed by atoms with E-state index in [0.717, 1.165) is 5.56 Å². The highest BCUT2D eigenvalue weighted by atomic mass is 16.4. The monoisotopic (exact) mass is 263 g/mol. The average Bonchev–Trinajstić information content (AvgIpc) is 2.34. The number of hydrogen-bond acceptors (Lipinski definition) is 4. The van der Waals surface area contributed by atoms with Gasteiger partial charge in [0.1, 0.15) is 5.69 Å². The van der Waals surface area contributed by atoms with Crippen LogP contribution in [0.3, 0.4) is 0 Å². The first kappa shape index (κ1) is 14.7. The average molecular weight is 263 g/mol. The second-order valence-corrected chi connectivity index (χ2v) is 4.24. The smallest absolute Gasteiger partial charge is 0.404 e. The van der Waals surface area contributed by atoms with Crippen LogP contribution < -0.4 is 5.32 Å². The highest BCUT2D eigenvalue weighted by molar-refractivity contribution is 6.02. The fraction of sp³-hybridized carbons (Fsp3) is 0.308. The van der Waals surface area contributed by atoms with Crippen molar-refractivity contribution >= 4 is 11.9 Å². The normalized spacial score (nSPS) is 10.5. The van der Waals surface area contributed by atoms with Crippen LogP contribution in [0.25, 0.3) is 0 Å². The van der Waals surface area contributed by atoms with Gasteiger partial charge in [-0.2, -0.15) is 0 Å². The minimum atomic E-state index is -1.09. The summed E-state index contributed by atoms with van der Waals surface area (Å²) in [5, 5.41) is 10.8. The first-order valence-corrected chi connectivity index (χ1v) is 5.72. The van der Waals surface area contributed by atoms with Crippen LogP contribution in [0.5, 0.6) is 0 Å². The Morgan fingerprint density at radius 3 is 2.63 bits per heavy atom. The topological polar surface area (TPSA) is 82.5 Å². The van der Waals surface area contributed by atoms with Crippen LogP contribution in [0.4, 0.5) is 4.79 Å². The summed E-state index contributed by atoms with van der Waals surface area (Å²) in [6, 6.07) is 3.29. The number of ketones is 1. The molecule has 0 spiro atoms. The Morgan fingerprint density at radius 1 is 1.42 bits per heavy atom. The molecule has 0 aliphatic heterocycles. The molecule has 102 valence electrons. The molecule has 0 aliphatic carbocycles. The Morgan fingerprint density at radius 2 is 2.11 bits per heavy atom. The minimum Gasteiger partial charge on any atom is -0.465 e. The summed E-state index contributed by atoms with van der Waals surface area (Å²) >= 11 is 0. The number of carboxylic acid groups (broad SMARTS) is 1. The molecule has 2 N–H and O–H groups in total. The van der Waals surface area contributed by atoms with Crippen LogP contribution in [0.2, 0.25) is 0 Å². The molecule has 6 heteroatoms. The zero-order chi connectivity index (χ0) is 14.4. The number of pyridine rings is 1. The lowest BCUT2D eigenvalue weighted by atomic mass is 10.1. The number of hydrogen-bond donors (Lipinski definition) is 2. The van der Waals surface area contributed by atoms with Crippen molar-refractivity contribution in [3.05, 3.63) is 41.4 Å². The lowest BCUT2D eigenvalue weighted by Crippen LogP contribution is -2.21. The van der Waals surface area contributed by atoms with E-state index in [-0.39, 0.29) is 12.3 Å². The third kappa shape index (κ3) is 4.79. The quantitative estimate of drug-likeness (QED) is 0.620. The molecule has 1 amide bonds. The largest absolute Gasteiger partial charge is 0.465 e. The van der Waals surface area contributed by atoms with Gasteiger partial charge in [-0.1, -0.05) is 6.07 Å². The molecule has 19 heavy (non-hydrogen) atoms. The van der Waals surface area contributed by atoms with Crippen LogP contribution in [0.1, 0.15) is 21.7 Å². The zero-order valence-corrected chi connectivity index (χ0v) is 11.2. The number of aryl methyl sites for hydroxylation is 1. The van der Waals surface area contributed by atoms with E-state index < -0.39 is 6.09 Å². The number of nitrogens with zero attached hydrogens (tertiary/aromatic N) is 2. The molecule has 1 aromatic rings. The summed E-state index contributed by atoms with van der Waals surface area (Å²) < 4.78 is 0. The number of amides is 1. The molecule has 0 aliphatic rings. The van der Waals surface area contributed by atoms with Gasteiger partial charge < -0.3 is 15.3 Å². The van der Waals surface area contributed by atoms with Crippen molar-refractivity contribution in [2.75, 3.05) is 14.1 Å². The number of carbonyl (C=O) groups is 2. The van der Waals surface area contributed by atoms with Gasteiger partial charge in [-0.15, -0.1) is 0 Å². The van der Waals surface area contributed by atoms with Crippen LogP contribution in [-0.4, -0.2) is 41.0 Å². The van der Waals surface area contributed by atoms with E-state index in [1.165, 1.54) is 6.08 Å². The van der Waals surface area contributed by atoms with Crippen LogP contribution in [-0.2, 0) is 6.54 Å². The summed E-state index contributed by atoms with van der Waals surface area (Å²) in [7, 11) is 3.65. The Kier molecular flexibility index (Phi) is 5.05. The number of aromatic nitrogens is 1. The van der Waals surface area contributed by atoms with Gasteiger partial charge in [-0.3, -0.25) is 4.79 Å². The van der Waals surface area contributed by atoms with Gasteiger partial charge in [0.15, 0.2) is 0 Å². The zero-order valence-electron chi connectivity index (χ0n) is 11.2. The molecule has 0 bridgehead atoms. The molecule has 1 aromatic heterocycles. The van der Waals surface area contributed by atoms with Gasteiger partial charge >= 0.3 is 6.09 Å². The predicted octanol–water partition coefficient (Wildman–Crippen LogP) is 1.42. The Hall–Kier alpha value is -2.37. The SMILES string of the molecule is Cc1nc(C(=O)/C=C/N(C)C)ccc1CNC(=O)O. The maximum atomic E-state index is 11.8. The molecule has 0 unspecified atom stereocenters. The first-order chi connectivity index (χ1) is 8.90. The molecule has 0 aromatic carbocycles. The van der Waals surface area contributed by atoms with Crippen molar-refractivity contribution in [3.8, 4) is 0 Å². The maximum Gasteiger partial charge on any atom is 0.404 e. The third-order valence-electron chi connectivity index (χ3n) is 2.40. The number of rotatable bonds is 5. The second-order valence-electron chi connectivity index (χ2n) is 4.24. The summed E-state index contributed by atoms with van der Waals surface area (Å²) in [5.41, 5.74) is 1.73. The standard InChI is InChI=1S/C13H17N3O3/c1-9-10(8-14-13(18)19)4-5-11(15-9)12(17)6-7-16(2)3/h4-7,14H,8H2,1-3H3,(H,18,19)/b7-6+. The van der Waals surface area contributed by atoms with Crippen molar-refractivity contribution in [1.29, 1.82) is 0 Å². The fourth-order valence-electron chi connectivity index (χ4n) is 1.39. The van der Waals surface area contributed by atoms with Gasteiger partial charge in [-0.25, -0.2) is 9.78 Å². The highest BCUT2D eigenvalue weighted by Gasteiger charge is 2.07. The van der Waals surface area contributed by atoms with Gasteiger partial charge in [0, 0.05) is 38.6 Å². The molecule has 0 saturated heterocycles. The Labute approximate surface area is 111 Å². The van der Waals surface area contributed by atoms with Gasteiger partial charge in [0.05, 0.1) is 0 Å². The Balaban J connectivity index is 2.81. The molecule has 0 atom stereocenters. The molecular formula is C13H17N3O3. The number of allylic oxidation sites excluding steroid dienone is 1. The lowest BCUT2D eigenvalue weighted by Gasteiger charge is -2.07. The molecule has 6 nitrogen and oxygen atoms in total. The maximum absolute atomic E-state index is 11.8. The van der Waals surface area contributed by atoms with Crippen LogP contribution in [0.15, 0.2) is 24.4 Å². The molecule has 1 heterocycles. The van der Waals surface area contributed by atoms with Crippen LogP contribution >= 0.6 is 0 Å². The minimum absolute atomic E-state index is 0.177. The molecule has 0 radical (unpaired) electrons. The highest BCUT2D eigenvalue weighted by Crippen LogP contribution is 2.08. The van der Waals surface area contributed by atoms with E-state index in [2.05, 4.69) is 10.3 Å². The second kappa shape index (κ2) is 6.53. The van der Waals surface area contributed by atoms with Crippen molar-refractivity contribution in [1.82, 2.24) is 15.2 Å². The van der Waals surface area contributed by atoms with Gasteiger partial charge in [0.25, 0.3) is 0 Å². The predicted molar refractivity (Wildman–Crippen MR) is 71.0 cm³/mol. The van der Waals surface area contributed by atoms with Gasteiger partial charge in [-0.05, 0) is 18.6 Å². The summed E-state index contributed by atoms with van der Waals surface area (Å²) in [4.78, 5) is 28.1. The van der Waals surface area contributed by atoms with Crippen molar-refractivity contribution in [2.24, 2.45) is 0 Å². The third-order valence-corrected chi connectivity index (χ3v) is 2.40. The summed E-state index contributed by atoms with van der Waals surface area (Å²) in [6.07, 6.45) is 2.00. The van der Waals surface area contributed by atoms with Crippen molar-refractivity contribution in [2.45, 2.75) is 13.5 Å². The van der Waals surface area contributed by atoms with Crippen molar-refractivity contribution in [3.63, 3.8) is 0 Å². The van der Waals surface area contributed by atoms with E-state index in [1.807, 2.05) is 14.1 Å². The molecule has 0 fully saturated rings. The van der Waals surface area contributed by atoms with Gasteiger partial charge in [0.2, 0.25) is 5.78 Å². The molecule has 1 rings (SSSR count). The number of carbonyl (C=O) groups excluding carboxylic acids is 1. The summed E-state index contributed by atoms with van der Waals surface area (Å²) in [6.45, 7) is 1.92. The van der Waals surface area contributed by atoms with E-state index >= 15 is 0 Å². The lowest BCUT2D eigenvalue weighted by molar-refractivity contribution is 0.104. The molecule has 0 saturated carbocycles. The van der Waals surface area contributed by atoms with Crippen LogP contribution in [0, 0.1) is 6.92 Å². The fourth-order valence-corrected chi connectivity index (χ4v) is 1.39. The Bertz CT molecular complexity index is 510. The molecular weight excluding hydrogens is 246 g/mol.